The van der Waals surface area contributed by atoms with Gasteiger partial charge in [-0.1, -0.05) is 23.8 Å². The van der Waals surface area contributed by atoms with Crippen LogP contribution in [0.4, 0.5) is 0 Å². The molecule has 1 aromatic carbocycles. The zero-order chi connectivity index (χ0) is 15.6. The molecule has 0 heterocycles. The van der Waals surface area contributed by atoms with Crippen LogP contribution in [0.2, 0.25) is 0 Å². The van der Waals surface area contributed by atoms with Crippen LogP contribution >= 0.6 is 0 Å². The van der Waals surface area contributed by atoms with E-state index in [2.05, 4.69) is 25.1 Å². The molecule has 1 unspecified atom stereocenters. The van der Waals surface area contributed by atoms with Gasteiger partial charge in [0.1, 0.15) is 17.8 Å². The fourth-order valence-electron chi connectivity index (χ4n) is 2.82. The Morgan fingerprint density at radius 3 is 2.62 bits per heavy atom. The molecule has 1 atom stereocenters. The van der Waals surface area contributed by atoms with Gasteiger partial charge in [0.25, 0.3) is 0 Å². The highest BCUT2D eigenvalue weighted by Gasteiger charge is 2.27. The van der Waals surface area contributed by atoms with Crippen molar-refractivity contribution in [1.82, 2.24) is 0 Å². The third kappa shape index (κ3) is 4.42. The minimum atomic E-state index is -0.534. The molecule has 0 saturated heterocycles. The molecule has 0 bridgehead atoms. The minimum Gasteiger partial charge on any atom is -0.460 e. The summed E-state index contributed by atoms with van der Waals surface area (Å²) in [6, 6.07) is 6.39. The lowest BCUT2D eigenvalue weighted by molar-refractivity contribution is -0.156. The Labute approximate surface area is 126 Å². The van der Waals surface area contributed by atoms with Crippen LogP contribution in [0.1, 0.15) is 50.3 Å². The lowest BCUT2D eigenvalue weighted by atomic mass is 9.80. The number of Topliss-reactive ketones (excluding diaryl/α,β-unsaturated/α-hetero) is 1. The van der Waals surface area contributed by atoms with Gasteiger partial charge in [0.2, 0.25) is 0 Å². The number of hydrogen-bond donors (Lipinski definition) is 0. The van der Waals surface area contributed by atoms with Gasteiger partial charge < -0.3 is 4.74 Å². The topological polar surface area (TPSA) is 43.4 Å². The second-order valence-electron chi connectivity index (χ2n) is 6.94. The average Bonchev–Trinajstić information content (AvgIpc) is 2.35. The lowest BCUT2D eigenvalue weighted by Gasteiger charge is -2.24. The highest BCUT2D eigenvalue weighted by Crippen LogP contribution is 2.27. The first kappa shape index (κ1) is 15.7. The van der Waals surface area contributed by atoms with Crippen molar-refractivity contribution in [2.45, 2.75) is 59.0 Å². The van der Waals surface area contributed by atoms with E-state index < -0.39 is 11.6 Å². The Hall–Kier alpha value is -1.64. The van der Waals surface area contributed by atoms with E-state index in [0.717, 1.165) is 19.3 Å². The van der Waals surface area contributed by atoms with E-state index in [-0.39, 0.29) is 18.1 Å². The van der Waals surface area contributed by atoms with Crippen LogP contribution in [-0.2, 0) is 27.2 Å². The summed E-state index contributed by atoms with van der Waals surface area (Å²) >= 11 is 0. The smallest absolute Gasteiger partial charge is 0.313 e. The standard InChI is InChI=1S/C18H24O3/c1-12-5-6-14-10-15(8-7-13(14)9-12)16(19)11-17(20)21-18(2,3)4/h5-6,9,15H,7-8,10-11H2,1-4H3. The molecular weight excluding hydrogens is 264 g/mol. The number of ketones is 1. The average molecular weight is 288 g/mol. The van der Waals surface area contributed by atoms with E-state index in [1.54, 1.807) is 0 Å². The normalized spacial score (nSPS) is 18.0. The van der Waals surface area contributed by atoms with Crippen LogP contribution in [0.5, 0.6) is 0 Å². The van der Waals surface area contributed by atoms with Crippen LogP contribution in [0.15, 0.2) is 18.2 Å². The first-order valence-corrected chi connectivity index (χ1v) is 7.57. The van der Waals surface area contributed by atoms with Gasteiger partial charge in [-0.3, -0.25) is 9.59 Å². The lowest BCUT2D eigenvalue weighted by Crippen LogP contribution is -2.29. The molecule has 0 N–H and O–H groups in total. The van der Waals surface area contributed by atoms with E-state index in [9.17, 15) is 9.59 Å². The molecule has 0 aliphatic heterocycles. The van der Waals surface area contributed by atoms with Crippen LogP contribution in [-0.4, -0.2) is 17.4 Å². The SMILES string of the molecule is Cc1ccc2c(c1)CCC(C(=O)CC(=O)OC(C)(C)C)C2. The molecule has 0 amide bonds. The Bertz CT molecular complexity index is 552. The van der Waals surface area contributed by atoms with Crippen molar-refractivity contribution >= 4 is 11.8 Å². The molecule has 114 valence electrons. The number of ether oxygens (including phenoxy) is 1. The van der Waals surface area contributed by atoms with Crippen molar-refractivity contribution in [2.75, 3.05) is 0 Å². The molecule has 0 fully saturated rings. The second-order valence-corrected chi connectivity index (χ2v) is 6.94. The fraction of sp³-hybridized carbons (Fsp3) is 0.556. The van der Waals surface area contributed by atoms with E-state index in [0.29, 0.717) is 0 Å². The zero-order valence-electron chi connectivity index (χ0n) is 13.4. The summed E-state index contributed by atoms with van der Waals surface area (Å²) in [4.78, 5) is 24.0. The summed E-state index contributed by atoms with van der Waals surface area (Å²) in [5, 5.41) is 0. The molecule has 2 rings (SSSR count). The van der Waals surface area contributed by atoms with E-state index in [1.165, 1.54) is 16.7 Å². The number of aryl methyl sites for hydroxylation is 2. The highest BCUT2D eigenvalue weighted by molar-refractivity contribution is 5.97. The van der Waals surface area contributed by atoms with Crippen LogP contribution in [0.25, 0.3) is 0 Å². The van der Waals surface area contributed by atoms with E-state index in [4.69, 9.17) is 4.74 Å². The zero-order valence-corrected chi connectivity index (χ0v) is 13.4. The van der Waals surface area contributed by atoms with Crippen LogP contribution in [0.3, 0.4) is 0 Å². The number of carbonyl (C=O) groups excluding carboxylic acids is 2. The predicted molar refractivity (Wildman–Crippen MR) is 82.2 cm³/mol. The maximum Gasteiger partial charge on any atom is 0.313 e. The van der Waals surface area contributed by atoms with Gasteiger partial charge in [-0.15, -0.1) is 0 Å². The molecule has 0 aromatic heterocycles. The van der Waals surface area contributed by atoms with Crippen molar-refractivity contribution < 1.29 is 14.3 Å². The number of rotatable bonds is 3. The quantitative estimate of drug-likeness (QED) is 0.632. The largest absolute Gasteiger partial charge is 0.460 e. The molecule has 1 aliphatic rings. The highest BCUT2D eigenvalue weighted by atomic mass is 16.6. The molecule has 3 nitrogen and oxygen atoms in total. The van der Waals surface area contributed by atoms with Gasteiger partial charge in [-0.05, 0) is 58.1 Å². The van der Waals surface area contributed by atoms with Crippen LogP contribution in [0, 0.1) is 12.8 Å². The third-order valence-electron chi connectivity index (χ3n) is 3.78. The van der Waals surface area contributed by atoms with Gasteiger partial charge in [0.15, 0.2) is 0 Å². The maximum absolute atomic E-state index is 12.3. The summed E-state index contributed by atoms with van der Waals surface area (Å²) in [6.07, 6.45) is 2.39. The monoisotopic (exact) mass is 288 g/mol. The predicted octanol–water partition coefficient (Wildman–Crippen LogP) is 3.40. The van der Waals surface area contributed by atoms with Crippen molar-refractivity contribution in [1.29, 1.82) is 0 Å². The number of esters is 1. The molecule has 21 heavy (non-hydrogen) atoms. The number of benzene rings is 1. The van der Waals surface area contributed by atoms with Crippen LogP contribution < -0.4 is 0 Å². The Kier molecular flexibility index (Phi) is 4.50. The van der Waals surface area contributed by atoms with Gasteiger partial charge >= 0.3 is 5.97 Å². The molecule has 0 spiro atoms. The molecule has 0 saturated carbocycles. The number of fused-ring (bicyclic) bond motifs is 1. The Morgan fingerprint density at radius 1 is 1.24 bits per heavy atom. The van der Waals surface area contributed by atoms with Crippen molar-refractivity contribution in [3.8, 4) is 0 Å². The molecule has 1 aliphatic carbocycles. The summed E-state index contributed by atoms with van der Waals surface area (Å²) in [5.41, 5.74) is 3.31. The third-order valence-corrected chi connectivity index (χ3v) is 3.78. The fourth-order valence-corrected chi connectivity index (χ4v) is 2.82. The van der Waals surface area contributed by atoms with E-state index in [1.807, 2.05) is 20.8 Å². The number of carbonyl (C=O) groups is 2. The van der Waals surface area contributed by atoms with E-state index >= 15 is 0 Å². The first-order valence-electron chi connectivity index (χ1n) is 7.57. The maximum atomic E-state index is 12.3. The molecular formula is C18H24O3. The van der Waals surface area contributed by atoms with Gasteiger partial charge in [0, 0.05) is 5.92 Å². The minimum absolute atomic E-state index is 0.00970. The van der Waals surface area contributed by atoms with Crippen molar-refractivity contribution in [3.63, 3.8) is 0 Å². The molecule has 0 radical (unpaired) electrons. The van der Waals surface area contributed by atoms with Gasteiger partial charge in [-0.25, -0.2) is 0 Å². The Morgan fingerprint density at radius 2 is 1.95 bits per heavy atom. The molecule has 3 heteroatoms. The van der Waals surface area contributed by atoms with Gasteiger partial charge in [0.05, 0.1) is 0 Å². The van der Waals surface area contributed by atoms with Gasteiger partial charge in [-0.2, -0.15) is 0 Å². The molecule has 1 aromatic rings. The van der Waals surface area contributed by atoms with Crippen molar-refractivity contribution in [3.05, 3.63) is 34.9 Å². The summed E-state index contributed by atoms with van der Waals surface area (Å²) in [7, 11) is 0. The van der Waals surface area contributed by atoms with Crippen molar-refractivity contribution in [2.24, 2.45) is 5.92 Å². The summed E-state index contributed by atoms with van der Waals surface area (Å²) in [6.45, 7) is 7.53. The summed E-state index contributed by atoms with van der Waals surface area (Å²) < 4.78 is 5.22. The first-order chi connectivity index (χ1) is 9.74. The Balaban J connectivity index is 1.96. The second kappa shape index (κ2) is 6.00. The number of hydrogen-bond acceptors (Lipinski definition) is 3. The summed E-state index contributed by atoms with van der Waals surface area (Å²) in [5.74, 6) is -0.453.